The molecule has 0 aliphatic heterocycles. The van der Waals surface area contributed by atoms with Gasteiger partial charge in [0.2, 0.25) is 0 Å². The summed E-state index contributed by atoms with van der Waals surface area (Å²) in [4.78, 5) is 0. The van der Waals surface area contributed by atoms with Crippen molar-refractivity contribution in [1.29, 1.82) is 0 Å². The van der Waals surface area contributed by atoms with E-state index in [0.29, 0.717) is 0 Å². The van der Waals surface area contributed by atoms with Gasteiger partial charge in [0.15, 0.2) is 0 Å². The summed E-state index contributed by atoms with van der Waals surface area (Å²) in [6, 6.07) is 9.35. The van der Waals surface area contributed by atoms with E-state index in [1.54, 1.807) is 5.56 Å². The number of benzene rings is 1. The molecule has 4 unspecified atom stereocenters. The highest BCUT2D eigenvalue weighted by Crippen LogP contribution is 2.59. The van der Waals surface area contributed by atoms with Crippen LogP contribution in [-0.4, -0.2) is 0 Å². The summed E-state index contributed by atoms with van der Waals surface area (Å²) in [5.74, 6) is 3.61. The smallest absolute Gasteiger partial charge is 0.00903 e. The molecule has 3 aliphatic carbocycles. The van der Waals surface area contributed by atoms with Crippen molar-refractivity contribution in [2.75, 3.05) is 0 Å². The molecule has 4 rings (SSSR count). The van der Waals surface area contributed by atoms with Crippen molar-refractivity contribution in [3.8, 4) is 0 Å². The Morgan fingerprint density at radius 3 is 2.47 bits per heavy atom. The first-order chi connectivity index (χ1) is 9.22. The summed E-state index contributed by atoms with van der Waals surface area (Å²) in [5.41, 5.74) is 6.77. The maximum atomic E-state index is 2.44. The molecule has 1 aromatic carbocycles. The van der Waals surface area contributed by atoms with Gasteiger partial charge >= 0.3 is 0 Å². The molecule has 1 fully saturated rings. The lowest BCUT2D eigenvalue weighted by molar-refractivity contribution is 0.426. The van der Waals surface area contributed by atoms with Crippen LogP contribution >= 0.6 is 0 Å². The van der Waals surface area contributed by atoms with Gasteiger partial charge in [-0.15, -0.1) is 0 Å². The Labute approximate surface area is 116 Å². The quantitative estimate of drug-likeness (QED) is 0.600. The first kappa shape index (κ1) is 11.8. The van der Waals surface area contributed by atoms with Crippen LogP contribution in [0, 0.1) is 24.7 Å². The average molecular weight is 252 g/mol. The van der Waals surface area contributed by atoms with Crippen LogP contribution in [0.1, 0.15) is 56.1 Å². The number of rotatable bonds is 1. The van der Waals surface area contributed by atoms with Crippen molar-refractivity contribution in [1.82, 2.24) is 0 Å². The van der Waals surface area contributed by atoms with Crippen molar-refractivity contribution in [2.45, 2.75) is 51.9 Å². The summed E-state index contributed by atoms with van der Waals surface area (Å²) in [6.07, 6.45) is 7.15. The molecule has 1 saturated carbocycles. The van der Waals surface area contributed by atoms with E-state index in [2.05, 4.69) is 38.1 Å². The number of allylic oxidation sites excluding steroid dienone is 2. The predicted molar refractivity (Wildman–Crippen MR) is 80.2 cm³/mol. The molecule has 0 heterocycles. The Hall–Kier alpha value is -1.04. The average Bonchev–Trinajstić information content (AvgIpc) is 2.98. The fourth-order valence-electron chi connectivity index (χ4n) is 4.91. The summed E-state index contributed by atoms with van der Waals surface area (Å²) >= 11 is 0. The Kier molecular flexibility index (Phi) is 2.62. The normalized spacial score (nSPS) is 36.7. The van der Waals surface area contributed by atoms with Crippen molar-refractivity contribution >= 4 is 0 Å². The van der Waals surface area contributed by atoms with E-state index in [-0.39, 0.29) is 0 Å². The van der Waals surface area contributed by atoms with Gasteiger partial charge in [0.25, 0.3) is 0 Å². The van der Waals surface area contributed by atoms with Crippen LogP contribution in [0.25, 0.3) is 0 Å². The van der Waals surface area contributed by atoms with Crippen molar-refractivity contribution < 1.29 is 0 Å². The van der Waals surface area contributed by atoms with Gasteiger partial charge in [-0.25, -0.2) is 0 Å². The zero-order valence-electron chi connectivity index (χ0n) is 12.2. The topological polar surface area (TPSA) is 0 Å². The summed E-state index contributed by atoms with van der Waals surface area (Å²) in [7, 11) is 0. The molecule has 0 amide bonds. The number of aryl methyl sites for hydroxylation is 1. The van der Waals surface area contributed by atoms with Gasteiger partial charge in [-0.1, -0.05) is 47.9 Å². The lowest BCUT2D eigenvalue weighted by atomic mass is 9.72. The molecule has 19 heavy (non-hydrogen) atoms. The van der Waals surface area contributed by atoms with Crippen LogP contribution in [0.2, 0.25) is 0 Å². The molecular formula is C19H24. The molecule has 100 valence electrons. The standard InChI is InChI=1S/C19H24/c1-12-3-6-14(7-4-12)18-10-15-11-19(18)16-8-5-13(2)9-17(15)16/h3-4,6-7,13,15,18-19H,5,8-11H2,1-2H3. The van der Waals surface area contributed by atoms with E-state index in [1.807, 2.05) is 11.1 Å². The SMILES string of the molecule is Cc1ccc(C2CC3CC2C2=C3CC(C)CC2)cc1. The molecule has 2 bridgehead atoms. The van der Waals surface area contributed by atoms with Crippen LogP contribution in [0.3, 0.4) is 0 Å². The van der Waals surface area contributed by atoms with Gasteiger partial charge < -0.3 is 0 Å². The molecule has 0 N–H and O–H groups in total. The maximum Gasteiger partial charge on any atom is -0.00903 e. The van der Waals surface area contributed by atoms with E-state index in [1.165, 1.54) is 37.7 Å². The fourth-order valence-corrected chi connectivity index (χ4v) is 4.91. The molecule has 0 radical (unpaired) electrons. The van der Waals surface area contributed by atoms with E-state index >= 15 is 0 Å². The lowest BCUT2D eigenvalue weighted by Crippen LogP contribution is -2.18. The van der Waals surface area contributed by atoms with E-state index in [9.17, 15) is 0 Å². The minimum Gasteiger partial charge on any atom is -0.0673 e. The third-order valence-electron chi connectivity index (χ3n) is 5.90. The van der Waals surface area contributed by atoms with Crippen LogP contribution in [-0.2, 0) is 0 Å². The summed E-state index contributed by atoms with van der Waals surface area (Å²) in [6.45, 7) is 4.63. The molecule has 0 aromatic heterocycles. The molecule has 0 heteroatoms. The zero-order valence-corrected chi connectivity index (χ0v) is 12.2. The molecule has 3 aliphatic rings. The van der Waals surface area contributed by atoms with Crippen molar-refractivity contribution in [3.05, 3.63) is 46.5 Å². The first-order valence-electron chi connectivity index (χ1n) is 8.00. The van der Waals surface area contributed by atoms with Crippen molar-refractivity contribution in [3.63, 3.8) is 0 Å². The van der Waals surface area contributed by atoms with Gasteiger partial charge in [-0.05, 0) is 68.3 Å². The van der Waals surface area contributed by atoms with Crippen LogP contribution in [0.5, 0.6) is 0 Å². The van der Waals surface area contributed by atoms with Crippen LogP contribution < -0.4 is 0 Å². The Morgan fingerprint density at radius 2 is 1.68 bits per heavy atom. The maximum absolute atomic E-state index is 2.44. The summed E-state index contributed by atoms with van der Waals surface area (Å²) < 4.78 is 0. The third-order valence-corrected chi connectivity index (χ3v) is 5.90. The Balaban J connectivity index is 1.64. The fraction of sp³-hybridized carbons (Fsp3) is 0.579. The van der Waals surface area contributed by atoms with E-state index < -0.39 is 0 Å². The van der Waals surface area contributed by atoms with E-state index in [4.69, 9.17) is 0 Å². The van der Waals surface area contributed by atoms with E-state index in [0.717, 1.165) is 23.7 Å². The Bertz CT molecular complexity index is 519. The molecule has 0 saturated heterocycles. The van der Waals surface area contributed by atoms with Gasteiger partial charge in [0.1, 0.15) is 0 Å². The second-order valence-corrected chi connectivity index (χ2v) is 7.19. The molecule has 4 atom stereocenters. The molecule has 0 nitrogen and oxygen atoms in total. The summed E-state index contributed by atoms with van der Waals surface area (Å²) in [5, 5.41) is 0. The van der Waals surface area contributed by atoms with Gasteiger partial charge in [0.05, 0.1) is 0 Å². The monoisotopic (exact) mass is 252 g/mol. The largest absolute Gasteiger partial charge is 0.0673 e. The molecule has 0 spiro atoms. The minimum atomic E-state index is 0.831. The van der Waals surface area contributed by atoms with Gasteiger partial charge in [-0.2, -0.15) is 0 Å². The van der Waals surface area contributed by atoms with Gasteiger partial charge in [-0.3, -0.25) is 0 Å². The highest BCUT2D eigenvalue weighted by Gasteiger charge is 2.46. The van der Waals surface area contributed by atoms with Gasteiger partial charge in [0, 0.05) is 0 Å². The zero-order chi connectivity index (χ0) is 13.0. The lowest BCUT2D eigenvalue weighted by Gasteiger charge is -2.32. The van der Waals surface area contributed by atoms with Crippen LogP contribution in [0.15, 0.2) is 35.4 Å². The highest BCUT2D eigenvalue weighted by molar-refractivity contribution is 5.38. The highest BCUT2D eigenvalue weighted by atomic mass is 14.5. The minimum absolute atomic E-state index is 0.831. The number of hydrogen-bond donors (Lipinski definition) is 0. The molecular weight excluding hydrogens is 228 g/mol. The van der Waals surface area contributed by atoms with Crippen LogP contribution in [0.4, 0.5) is 0 Å². The molecule has 1 aromatic rings. The first-order valence-corrected chi connectivity index (χ1v) is 8.00. The third kappa shape index (κ3) is 1.80. The predicted octanol–water partition coefficient (Wildman–Crippen LogP) is 5.24. The Morgan fingerprint density at radius 1 is 0.947 bits per heavy atom. The number of hydrogen-bond acceptors (Lipinski definition) is 0. The van der Waals surface area contributed by atoms with Crippen molar-refractivity contribution in [2.24, 2.45) is 17.8 Å². The second-order valence-electron chi connectivity index (χ2n) is 7.19. The second kappa shape index (κ2) is 4.23. The number of fused-ring (bicyclic) bond motifs is 4.